The molecule has 2 atom stereocenters. The summed E-state index contributed by atoms with van der Waals surface area (Å²) in [5.74, 6) is -1.56. The molecule has 5 nitrogen and oxygen atoms in total. The number of aliphatic carboxylic acids is 1. The van der Waals surface area contributed by atoms with Crippen molar-refractivity contribution in [3.05, 3.63) is 35.9 Å². The van der Waals surface area contributed by atoms with Gasteiger partial charge in [0.15, 0.2) is 8.32 Å². The number of carboxylic acid groups (broad SMARTS) is 1. The summed E-state index contributed by atoms with van der Waals surface area (Å²) in [6, 6.07) is 9.03. The third-order valence-electron chi connectivity index (χ3n) is 5.30. The van der Waals surface area contributed by atoms with Crippen molar-refractivity contribution >= 4 is 20.2 Å². The molecule has 0 aromatic heterocycles. The quantitative estimate of drug-likeness (QED) is 0.616. The van der Waals surface area contributed by atoms with E-state index in [0.717, 1.165) is 5.56 Å². The zero-order valence-corrected chi connectivity index (χ0v) is 18.7. The molecule has 1 rings (SSSR count). The van der Waals surface area contributed by atoms with Gasteiger partial charge in [-0.15, -0.1) is 0 Å². The van der Waals surface area contributed by atoms with Crippen LogP contribution < -0.4 is 5.32 Å². The average Bonchev–Trinajstić information content (AvgIpc) is 2.55. The van der Waals surface area contributed by atoms with Crippen LogP contribution in [-0.4, -0.2) is 37.4 Å². The van der Waals surface area contributed by atoms with Gasteiger partial charge in [0, 0.05) is 0 Å². The van der Waals surface area contributed by atoms with Gasteiger partial charge in [0.1, 0.15) is 12.1 Å². The van der Waals surface area contributed by atoms with E-state index in [4.69, 9.17) is 4.43 Å². The molecule has 0 heterocycles. The summed E-state index contributed by atoms with van der Waals surface area (Å²) in [6.45, 7) is 14.2. The zero-order valence-electron chi connectivity index (χ0n) is 17.7. The molecular weight excluding hydrogens is 358 g/mol. The van der Waals surface area contributed by atoms with Gasteiger partial charge in [0.25, 0.3) is 0 Å². The summed E-state index contributed by atoms with van der Waals surface area (Å²) in [4.78, 5) is 24.4. The number of amides is 1. The molecule has 0 bridgehead atoms. The molecule has 0 saturated carbocycles. The molecule has 0 radical (unpaired) electrons. The fourth-order valence-corrected chi connectivity index (χ4v) is 3.77. The first kappa shape index (κ1) is 23.4. The highest BCUT2D eigenvalue weighted by Gasteiger charge is 2.41. The van der Waals surface area contributed by atoms with Gasteiger partial charge >= 0.3 is 5.97 Å². The summed E-state index contributed by atoms with van der Waals surface area (Å²) in [5.41, 5.74) is 1.13. The minimum absolute atomic E-state index is 0.0392. The van der Waals surface area contributed by atoms with Crippen LogP contribution in [0.25, 0.3) is 0 Å². The molecule has 0 spiro atoms. The smallest absolute Gasteiger partial charge is 0.326 e. The van der Waals surface area contributed by atoms with Gasteiger partial charge < -0.3 is 14.8 Å². The molecule has 0 aliphatic heterocycles. The first-order valence-corrected chi connectivity index (χ1v) is 12.5. The number of rotatable bonds is 9. The molecule has 1 aromatic carbocycles. The molecule has 152 valence electrons. The normalized spacial score (nSPS) is 14.7. The molecule has 27 heavy (non-hydrogen) atoms. The lowest BCUT2D eigenvalue weighted by Gasteiger charge is -2.39. The Morgan fingerprint density at radius 1 is 1.15 bits per heavy atom. The summed E-state index contributed by atoms with van der Waals surface area (Å²) in [5, 5.41) is 12.0. The van der Waals surface area contributed by atoms with Crippen LogP contribution in [0.4, 0.5) is 0 Å². The second-order valence-corrected chi connectivity index (χ2v) is 13.7. The highest BCUT2D eigenvalue weighted by molar-refractivity contribution is 6.74. The monoisotopic (exact) mass is 393 g/mol. The fraction of sp³-hybridized carbons (Fsp3) is 0.619. The van der Waals surface area contributed by atoms with E-state index in [9.17, 15) is 14.7 Å². The summed E-state index contributed by atoms with van der Waals surface area (Å²) in [6.07, 6.45) is 0.562. The van der Waals surface area contributed by atoms with Gasteiger partial charge in [0.05, 0.1) is 0 Å². The number of carbonyl (C=O) groups is 2. The van der Waals surface area contributed by atoms with Gasteiger partial charge in [-0.25, -0.2) is 4.79 Å². The molecule has 0 aliphatic rings. The second-order valence-electron chi connectivity index (χ2n) is 8.96. The predicted octanol–water partition coefficient (Wildman–Crippen LogP) is 4.24. The molecule has 1 aromatic rings. The number of carboxylic acids is 1. The Morgan fingerprint density at radius 3 is 2.15 bits per heavy atom. The lowest BCUT2D eigenvalue weighted by atomic mass is 10.0. The number of hydrogen-bond acceptors (Lipinski definition) is 3. The number of hydrogen-bond donors (Lipinski definition) is 2. The van der Waals surface area contributed by atoms with E-state index in [0.29, 0.717) is 12.8 Å². The van der Waals surface area contributed by atoms with E-state index < -0.39 is 26.4 Å². The molecular formula is C21H35NO4Si. The third-order valence-corrected chi connectivity index (χ3v) is 9.79. The molecule has 2 N–H and O–H groups in total. The molecule has 0 aliphatic carbocycles. The van der Waals surface area contributed by atoms with Crippen molar-refractivity contribution in [2.24, 2.45) is 5.92 Å². The van der Waals surface area contributed by atoms with Crippen LogP contribution in [-0.2, 0) is 20.4 Å². The largest absolute Gasteiger partial charge is 0.480 e. The van der Waals surface area contributed by atoms with E-state index in [1.165, 1.54) is 0 Å². The van der Waals surface area contributed by atoms with Crippen LogP contribution in [0, 0.1) is 5.92 Å². The Hall–Kier alpha value is -1.66. The average molecular weight is 394 g/mol. The number of carbonyl (C=O) groups excluding carboxylic acids is 1. The van der Waals surface area contributed by atoms with Crippen LogP contribution in [0.5, 0.6) is 0 Å². The Bertz CT molecular complexity index is 623. The van der Waals surface area contributed by atoms with Gasteiger partial charge in [0.2, 0.25) is 5.91 Å². The van der Waals surface area contributed by atoms with Crippen molar-refractivity contribution in [3.8, 4) is 0 Å². The molecule has 0 unspecified atom stereocenters. The first-order valence-electron chi connectivity index (χ1n) is 9.60. The number of nitrogens with one attached hydrogen (secondary N) is 1. The molecule has 0 fully saturated rings. The van der Waals surface area contributed by atoms with Crippen molar-refractivity contribution in [1.29, 1.82) is 0 Å². The fourth-order valence-electron chi connectivity index (χ4n) is 2.48. The van der Waals surface area contributed by atoms with E-state index >= 15 is 0 Å². The Balaban J connectivity index is 2.98. The topological polar surface area (TPSA) is 75.6 Å². The second kappa shape index (κ2) is 9.51. The highest BCUT2D eigenvalue weighted by Crippen LogP contribution is 2.37. The van der Waals surface area contributed by atoms with E-state index in [2.05, 4.69) is 39.2 Å². The zero-order chi connectivity index (χ0) is 20.8. The number of benzene rings is 1. The van der Waals surface area contributed by atoms with Crippen LogP contribution in [0.15, 0.2) is 30.3 Å². The minimum atomic E-state index is -2.18. The Morgan fingerprint density at radius 2 is 1.70 bits per heavy atom. The van der Waals surface area contributed by atoms with Gasteiger partial charge in [-0.1, -0.05) is 65.0 Å². The van der Waals surface area contributed by atoms with Crippen molar-refractivity contribution in [2.75, 3.05) is 0 Å². The maximum absolute atomic E-state index is 12.9. The van der Waals surface area contributed by atoms with E-state index in [1.807, 2.05) is 30.3 Å². The Kier molecular flexibility index (Phi) is 8.23. The minimum Gasteiger partial charge on any atom is -0.480 e. The predicted molar refractivity (Wildman–Crippen MR) is 111 cm³/mol. The summed E-state index contributed by atoms with van der Waals surface area (Å²) >= 11 is 0. The maximum atomic E-state index is 12.9. The van der Waals surface area contributed by atoms with Crippen LogP contribution >= 0.6 is 0 Å². The molecule has 6 heteroatoms. The van der Waals surface area contributed by atoms with Crippen molar-refractivity contribution in [3.63, 3.8) is 0 Å². The Labute approximate surface area is 164 Å². The maximum Gasteiger partial charge on any atom is 0.326 e. The van der Waals surface area contributed by atoms with Crippen molar-refractivity contribution < 1.29 is 19.1 Å². The highest BCUT2D eigenvalue weighted by atomic mass is 28.4. The van der Waals surface area contributed by atoms with E-state index in [-0.39, 0.29) is 16.9 Å². The summed E-state index contributed by atoms with van der Waals surface area (Å²) in [7, 11) is -2.18. The van der Waals surface area contributed by atoms with Gasteiger partial charge in [-0.05, 0) is 42.5 Å². The van der Waals surface area contributed by atoms with Crippen LogP contribution in [0.3, 0.4) is 0 Å². The number of aryl methyl sites for hydroxylation is 1. The van der Waals surface area contributed by atoms with Gasteiger partial charge in [-0.2, -0.15) is 0 Å². The molecule has 1 amide bonds. The first-order chi connectivity index (χ1) is 12.3. The van der Waals surface area contributed by atoms with Crippen molar-refractivity contribution in [1.82, 2.24) is 5.32 Å². The molecule has 0 saturated heterocycles. The standard InChI is InChI=1S/C21H35NO4Si/c1-15(2)18(20(24)25)22-19(23)17(26-27(6,7)21(3,4)5)14-13-16-11-9-8-10-12-16/h8-12,15,17-18H,13-14H2,1-7H3,(H,22,23)(H,24,25)/t17-,18+/m1/s1. The van der Waals surface area contributed by atoms with Crippen LogP contribution in [0.1, 0.15) is 46.6 Å². The lowest BCUT2D eigenvalue weighted by Crippen LogP contribution is -2.53. The van der Waals surface area contributed by atoms with E-state index in [1.54, 1.807) is 13.8 Å². The SMILES string of the molecule is CC(C)[C@H](NC(=O)[C@@H](CCc1ccccc1)O[Si](C)(C)C(C)(C)C)C(=O)O. The third kappa shape index (κ3) is 7.11. The lowest BCUT2D eigenvalue weighted by molar-refractivity contribution is -0.144. The van der Waals surface area contributed by atoms with Crippen molar-refractivity contribution in [2.45, 2.75) is 77.7 Å². The van der Waals surface area contributed by atoms with Crippen LogP contribution in [0.2, 0.25) is 18.1 Å². The van der Waals surface area contributed by atoms with Gasteiger partial charge in [-0.3, -0.25) is 4.79 Å². The summed E-state index contributed by atoms with van der Waals surface area (Å²) < 4.78 is 6.38.